The predicted octanol–water partition coefficient (Wildman–Crippen LogP) is 2.93. The van der Waals surface area contributed by atoms with E-state index in [1.165, 1.54) is 0 Å². The highest BCUT2D eigenvalue weighted by molar-refractivity contribution is 6.20. The van der Waals surface area contributed by atoms with Crippen LogP contribution in [-0.2, 0) is 0 Å². The predicted molar refractivity (Wildman–Crippen MR) is 53.8 cm³/mol. The summed E-state index contributed by atoms with van der Waals surface area (Å²) in [6.45, 7) is 1.94. The lowest BCUT2D eigenvalue weighted by Gasteiger charge is -2.03. The Hall–Kier alpha value is -1.15. The van der Waals surface area contributed by atoms with Crippen LogP contribution in [0.3, 0.4) is 0 Å². The molecule has 0 saturated carbocycles. The van der Waals surface area contributed by atoms with Gasteiger partial charge >= 0.3 is 0 Å². The Labute approximate surface area is 81.6 Å². The normalized spacial score (nSPS) is 13.1. The molecule has 1 atom stereocenters. The van der Waals surface area contributed by atoms with Crippen LogP contribution in [0.4, 0.5) is 0 Å². The molecule has 1 aromatic carbocycles. The number of hydrogen-bond acceptors (Lipinski definition) is 2. The van der Waals surface area contributed by atoms with Gasteiger partial charge in [0.2, 0.25) is 0 Å². The number of rotatable bonds is 1. The van der Waals surface area contributed by atoms with Crippen LogP contribution in [0.2, 0.25) is 0 Å². The van der Waals surface area contributed by atoms with Gasteiger partial charge in [0.25, 0.3) is 0 Å². The van der Waals surface area contributed by atoms with E-state index in [1.807, 2.05) is 25.1 Å². The molecule has 0 bridgehead atoms. The molecular weight excluding hydrogens is 184 g/mol. The third kappa shape index (κ3) is 1.63. The van der Waals surface area contributed by atoms with Crippen molar-refractivity contribution in [3.05, 3.63) is 36.2 Å². The summed E-state index contributed by atoms with van der Waals surface area (Å²) in [5.41, 5.74) is 2.88. The molecule has 13 heavy (non-hydrogen) atoms. The van der Waals surface area contributed by atoms with Crippen molar-refractivity contribution in [2.75, 3.05) is 0 Å². The maximum Gasteiger partial charge on any atom is 0.0890 e. The fourth-order valence-corrected chi connectivity index (χ4v) is 1.36. The lowest BCUT2D eigenvalue weighted by atomic mass is 10.1. The van der Waals surface area contributed by atoms with E-state index in [4.69, 9.17) is 11.6 Å². The van der Waals surface area contributed by atoms with Crippen LogP contribution < -0.4 is 0 Å². The maximum absolute atomic E-state index is 5.96. The zero-order valence-electron chi connectivity index (χ0n) is 7.24. The highest BCUT2D eigenvalue weighted by atomic mass is 35.5. The fraction of sp³-hybridized carbons (Fsp3) is 0.200. The van der Waals surface area contributed by atoms with E-state index < -0.39 is 0 Å². The minimum Gasteiger partial charge on any atom is -0.253 e. The molecule has 0 amide bonds. The first-order valence-corrected chi connectivity index (χ1v) is 4.56. The van der Waals surface area contributed by atoms with Crippen LogP contribution in [-0.4, -0.2) is 9.97 Å². The van der Waals surface area contributed by atoms with Crippen molar-refractivity contribution < 1.29 is 0 Å². The van der Waals surface area contributed by atoms with Gasteiger partial charge in [-0.2, -0.15) is 0 Å². The summed E-state index contributed by atoms with van der Waals surface area (Å²) in [5, 5.41) is 0.0198. The summed E-state index contributed by atoms with van der Waals surface area (Å²) in [6, 6.07) is 5.89. The molecule has 2 aromatic rings. The molecule has 2 nitrogen and oxygen atoms in total. The molecule has 1 unspecified atom stereocenters. The van der Waals surface area contributed by atoms with Crippen LogP contribution in [0.1, 0.15) is 17.9 Å². The van der Waals surface area contributed by atoms with E-state index >= 15 is 0 Å². The van der Waals surface area contributed by atoms with Crippen LogP contribution in [0, 0.1) is 0 Å². The van der Waals surface area contributed by atoms with Gasteiger partial charge in [-0.05, 0) is 24.6 Å². The lowest BCUT2D eigenvalue weighted by Crippen LogP contribution is -1.87. The number of aromatic nitrogens is 2. The van der Waals surface area contributed by atoms with Crippen molar-refractivity contribution in [1.82, 2.24) is 9.97 Å². The van der Waals surface area contributed by atoms with E-state index in [0.29, 0.717) is 0 Å². The van der Waals surface area contributed by atoms with Crippen molar-refractivity contribution in [2.45, 2.75) is 12.3 Å². The van der Waals surface area contributed by atoms with Gasteiger partial charge in [0.15, 0.2) is 0 Å². The molecule has 0 spiro atoms. The standard InChI is InChI=1S/C10H9ClN2/c1-7(11)8-2-3-9-10(6-8)13-5-4-12-9/h2-7H,1H3. The number of hydrogen-bond donors (Lipinski definition) is 0. The van der Waals surface area contributed by atoms with Gasteiger partial charge in [0.05, 0.1) is 16.4 Å². The van der Waals surface area contributed by atoms with Gasteiger partial charge in [-0.3, -0.25) is 9.97 Å². The van der Waals surface area contributed by atoms with Crippen molar-refractivity contribution in [3.63, 3.8) is 0 Å². The zero-order chi connectivity index (χ0) is 9.26. The van der Waals surface area contributed by atoms with Gasteiger partial charge in [0, 0.05) is 12.4 Å². The maximum atomic E-state index is 5.96. The average Bonchev–Trinajstić information content (AvgIpc) is 2.17. The highest BCUT2D eigenvalue weighted by Gasteiger charge is 2.02. The van der Waals surface area contributed by atoms with E-state index in [9.17, 15) is 0 Å². The molecular formula is C10H9ClN2. The van der Waals surface area contributed by atoms with E-state index in [-0.39, 0.29) is 5.38 Å². The molecule has 3 heteroatoms. The smallest absolute Gasteiger partial charge is 0.0890 e. The van der Waals surface area contributed by atoms with E-state index in [2.05, 4.69) is 9.97 Å². The molecule has 0 saturated heterocycles. The van der Waals surface area contributed by atoms with Gasteiger partial charge in [-0.25, -0.2) is 0 Å². The van der Waals surface area contributed by atoms with E-state index in [0.717, 1.165) is 16.6 Å². The quantitative estimate of drug-likeness (QED) is 0.650. The molecule has 0 aliphatic carbocycles. The molecule has 1 aromatic heterocycles. The first kappa shape index (κ1) is 8.45. The minimum atomic E-state index is 0.0198. The molecule has 0 N–H and O–H groups in total. The topological polar surface area (TPSA) is 25.8 Å². The Morgan fingerprint density at radius 3 is 2.54 bits per heavy atom. The average molecular weight is 193 g/mol. The molecule has 66 valence electrons. The summed E-state index contributed by atoms with van der Waals surface area (Å²) in [6.07, 6.45) is 3.37. The monoisotopic (exact) mass is 192 g/mol. The molecule has 1 heterocycles. The first-order chi connectivity index (χ1) is 6.27. The van der Waals surface area contributed by atoms with Crippen molar-refractivity contribution in [3.8, 4) is 0 Å². The number of alkyl halides is 1. The number of nitrogens with zero attached hydrogens (tertiary/aromatic N) is 2. The SMILES string of the molecule is CC(Cl)c1ccc2nccnc2c1. The van der Waals surface area contributed by atoms with Crippen LogP contribution >= 0.6 is 11.6 Å². The summed E-state index contributed by atoms with van der Waals surface area (Å²) in [7, 11) is 0. The third-order valence-electron chi connectivity index (χ3n) is 1.95. The number of halogens is 1. The minimum absolute atomic E-state index is 0.0198. The molecule has 0 aliphatic rings. The summed E-state index contributed by atoms with van der Waals surface area (Å²) < 4.78 is 0. The number of fused-ring (bicyclic) bond motifs is 1. The second kappa shape index (κ2) is 3.30. The Balaban J connectivity index is 2.62. The largest absolute Gasteiger partial charge is 0.253 e. The van der Waals surface area contributed by atoms with Gasteiger partial charge in [-0.1, -0.05) is 6.07 Å². The van der Waals surface area contributed by atoms with Crippen molar-refractivity contribution in [1.29, 1.82) is 0 Å². The van der Waals surface area contributed by atoms with Crippen LogP contribution in [0.5, 0.6) is 0 Å². The number of benzene rings is 1. The van der Waals surface area contributed by atoms with E-state index in [1.54, 1.807) is 12.4 Å². The summed E-state index contributed by atoms with van der Waals surface area (Å²) >= 11 is 5.96. The Morgan fingerprint density at radius 2 is 1.85 bits per heavy atom. The second-order valence-electron chi connectivity index (χ2n) is 2.92. The second-order valence-corrected chi connectivity index (χ2v) is 3.58. The Bertz CT molecular complexity index is 426. The Kier molecular flexibility index (Phi) is 2.15. The molecule has 2 rings (SSSR count). The molecule has 0 aliphatic heterocycles. The zero-order valence-corrected chi connectivity index (χ0v) is 7.99. The summed E-state index contributed by atoms with van der Waals surface area (Å²) in [5.74, 6) is 0. The van der Waals surface area contributed by atoms with Crippen LogP contribution in [0.25, 0.3) is 11.0 Å². The fourth-order valence-electron chi connectivity index (χ4n) is 1.23. The molecule has 0 radical (unpaired) electrons. The highest BCUT2D eigenvalue weighted by Crippen LogP contribution is 2.21. The van der Waals surface area contributed by atoms with Gasteiger partial charge < -0.3 is 0 Å². The first-order valence-electron chi connectivity index (χ1n) is 4.12. The Morgan fingerprint density at radius 1 is 1.15 bits per heavy atom. The van der Waals surface area contributed by atoms with Crippen molar-refractivity contribution in [2.24, 2.45) is 0 Å². The summed E-state index contributed by atoms with van der Waals surface area (Å²) in [4.78, 5) is 8.38. The van der Waals surface area contributed by atoms with Crippen LogP contribution in [0.15, 0.2) is 30.6 Å². The third-order valence-corrected chi connectivity index (χ3v) is 2.20. The van der Waals surface area contributed by atoms with Gasteiger partial charge in [0.1, 0.15) is 0 Å². The molecule has 0 fully saturated rings. The lowest BCUT2D eigenvalue weighted by molar-refractivity contribution is 1.08. The van der Waals surface area contributed by atoms with Gasteiger partial charge in [-0.15, -0.1) is 11.6 Å². The van der Waals surface area contributed by atoms with Crippen molar-refractivity contribution >= 4 is 22.6 Å².